The lowest BCUT2D eigenvalue weighted by Gasteiger charge is -2.12. The third kappa shape index (κ3) is 2.04. The lowest BCUT2D eigenvalue weighted by Crippen LogP contribution is -1.97. The molecule has 0 aliphatic heterocycles. The first kappa shape index (κ1) is 12.1. The van der Waals surface area contributed by atoms with Crippen LogP contribution in [0.15, 0.2) is 60.7 Å². The van der Waals surface area contributed by atoms with Gasteiger partial charge in [0.05, 0.1) is 23.0 Å². The first-order chi connectivity index (χ1) is 9.79. The summed E-state index contributed by atoms with van der Waals surface area (Å²) < 4.78 is 0. The number of fused-ring (bicyclic) bond motifs is 1. The number of nitrogen functional groups attached to an aromatic ring is 1. The molecule has 0 heterocycles. The summed E-state index contributed by atoms with van der Waals surface area (Å²) in [6.07, 6.45) is 0. The van der Waals surface area contributed by atoms with E-state index in [4.69, 9.17) is 11.0 Å². The second-order valence-corrected chi connectivity index (χ2v) is 4.53. The van der Waals surface area contributed by atoms with Crippen molar-refractivity contribution in [1.82, 2.24) is 0 Å². The van der Waals surface area contributed by atoms with Gasteiger partial charge in [-0.25, -0.2) is 0 Å². The molecule has 3 N–H and O–H groups in total. The quantitative estimate of drug-likeness (QED) is 0.683. The summed E-state index contributed by atoms with van der Waals surface area (Å²) in [6, 6.07) is 21.4. The van der Waals surface area contributed by atoms with Crippen molar-refractivity contribution in [2.45, 2.75) is 0 Å². The Morgan fingerprint density at radius 3 is 2.25 bits per heavy atom. The fourth-order valence-corrected chi connectivity index (χ4v) is 2.26. The molecule has 0 spiro atoms. The molecule has 0 bridgehead atoms. The highest BCUT2D eigenvalue weighted by Crippen LogP contribution is 2.30. The van der Waals surface area contributed by atoms with E-state index in [1.807, 2.05) is 60.7 Å². The number of hydrogen-bond acceptors (Lipinski definition) is 3. The van der Waals surface area contributed by atoms with Crippen molar-refractivity contribution < 1.29 is 0 Å². The second-order valence-electron chi connectivity index (χ2n) is 4.53. The highest BCUT2D eigenvalue weighted by molar-refractivity contribution is 5.99. The van der Waals surface area contributed by atoms with Gasteiger partial charge in [-0.3, -0.25) is 0 Å². The lowest BCUT2D eigenvalue weighted by atomic mass is 10.0. The highest BCUT2D eigenvalue weighted by Gasteiger charge is 2.06. The molecule has 3 aromatic rings. The van der Waals surface area contributed by atoms with Crippen LogP contribution in [0, 0.1) is 11.3 Å². The number of benzene rings is 3. The van der Waals surface area contributed by atoms with Crippen LogP contribution in [0.5, 0.6) is 0 Å². The monoisotopic (exact) mass is 259 g/mol. The molecule has 96 valence electrons. The van der Waals surface area contributed by atoms with Gasteiger partial charge in [-0.15, -0.1) is 0 Å². The van der Waals surface area contributed by atoms with Gasteiger partial charge in [0.25, 0.3) is 0 Å². The van der Waals surface area contributed by atoms with Gasteiger partial charge >= 0.3 is 0 Å². The van der Waals surface area contributed by atoms with Gasteiger partial charge in [-0.05, 0) is 24.3 Å². The summed E-state index contributed by atoms with van der Waals surface area (Å²) in [5.74, 6) is 0. The standard InChI is InChI=1S/C17H13N3/c18-11-12-9-10-16(14-6-2-1-5-13(12)14)20-17-8-4-3-7-15(17)19/h1-10,20H,19H2. The van der Waals surface area contributed by atoms with Crippen LogP contribution in [0.2, 0.25) is 0 Å². The molecule has 0 saturated carbocycles. The van der Waals surface area contributed by atoms with Gasteiger partial charge in [-0.2, -0.15) is 5.26 Å². The van der Waals surface area contributed by atoms with Crippen LogP contribution in [0.1, 0.15) is 5.56 Å². The van der Waals surface area contributed by atoms with E-state index in [2.05, 4.69) is 11.4 Å². The van der Waals surface area contributed by atoms with Gasteiger partial charge < -0.3 is 11.1 Å². The Kier molecular flexibility index (Phi) is 2.98. The molecule has 20 heavy (non-hydrogen) atoms. The number of nitrogens with two attached hydrogens (primary N) is 1. The van der Waals surface area contributed by atoms with Crippen LogP contribution in [0.25, 0.3) is 10.8 Å². The number of rotatable bonds is 2. The maximum absolute atomic E-state index is 9.17. The first-order valence-electron chi connectivity index (χ1n) is 6.33. The van der Waals surface area contributed by atoms with E-state index in [0.717, 1.165) is 22.1 Å². The lowest BCUT2D eigenvalue weighted by molar-refractivity contribution is 1.50. The van der Waals surface area contributed by atoms with E-state index in [-0.39, 0.29) is 0 Å². The molecule has 0 aliphatic carbocycles. The number of nitriles is 1. The summed E-state index contributed by atoms with van der Waals surface area (Å²) >= 11 is 0. The minimum Gasteiger partial charge on any atom is -0.397 e. The zero-order valence-electron chi connectivity index (χ0n) is 10.8. The Bertz CT molecular complexity index is 816. The van der Waals surface area contributed by atoms with Gasteiger partial charge in [0.2, 0.25) is 0 Å². The van der Waals surface area contributed by atoms with E-state index in [9.17, 15) is 0 Å². The topological polar surface area (TPSA) is 61.8 Å². The van der Waals surface area contributed by atoms with Crippen molar-refractivity contribution in [2.24, 2.45) is 0 Å². The third-order valence-corrected chi connectivity index (χ3v) is 3.27. The maximum atomic E-state index is 9.17. The summed E-state index contributed by atoms with van der Waals surface area (Å²) in [7, 11) is 0. The number of anilines is 3. The Hall–Kier alpha value is -2.99. The summed E-state index contributed by atoms with van der Waals surface area (Å²) in [4.78, 5) is 0. The molecule has 0 atom stereocenters. The second kappa shape index (κ2) is 4.94. The summed E-state index contributed by atoms with van der Waals surface area (Å²) in [5, 5.41) is 14.5. The number of nitrogens with one attached hydrogen (secondary N) is 1. The van der Waals surface area contributed by atoms with Crippen molar-refractivity contribution in [3.05, 3.63) is 66.2 Å². The molecule has 3 rings (SSSR count). The van der Waals surface area contributed by atoms with Gasteiger partial charge in [0, 0.05) is 16.5 Å². The Balaban J connectivity index is 2.14. The fraction of sp³-hybridized carbons (Fsp3) is 0. The highest BCUT2D eigenvalue weighted by atomic mass is 14.9. The van der Waals surface area contributed by atoms with E-state index in [0.29, 0.717) is 11.3 Å². The fourth-order valence-electron chi connectivity index (χ4n) is 2.26. The SMILES string of the molecule is N#Cc1ccc(Nc2ccccc2N)c2ccccc12. The van der Waals surface area contributed by atoms with Gasteiger partial charge in [0.1, 0.15) is 0 Å². The van der Waals surface area contributed by atoms with Crippen molar-refractivity contribution in [2.75, 3.05) is 11.1 Å². The average molecular weight is 259 g/mol. The van der Waals surface area contributed by atoms with Crippen LogP contribution in [0.3, 0.4) is 0 Å². The number of para-hydroxylation sites is 2. The van der Waals surface area contributed by atoms with Crippen LogP contribution in [-0.2, 0) is 0 Å². The predicted molar refractivity (Wildman–Crippen MR) is 82.8 cm³/mol. The normalized spacial score (nSPS) is 10.2. The molecule has 0 radical (unpaired) electrons. The number of nitrogens with zero attached hydrogens (tertiary/aromatic N) is 1. The molecule has 0 unspecified atom stereocenters. The first-order valence-corrected chi connectivity index (χ1v) is 6.33. The predicted octanol–water partition coefficient (Wildman–Crippen LogP) is 4.04. The molecule has 0 saturated heterocycles. The van der Waals surface area contributed by atoms with E-state index in [1.165, 1.54) is 0 Å². The van der Waals surface area contributed by atoms with E-state index < -0.39 is 0 Å². The molecule has 3 aromatic carbocycles. The van der Waals surface area contributed by atoms with Crippen LogP contribution < -0.4 is 11.1 Å². The Morgan fingerprint density at radius 2 is 1.50 bits per heavy atom. The molecule has 0 aliphatic rings. The van der Waals surface area contributed by atoms with Crippen LogP contribution in [0.4, 0.5) is 17.1 Å². The minimum absolute atomic E-state index is 0.673. The largest absolute Gasteiger partial charge is 0.397 e. The summed E-state index contributed by atoms with van der Waals surface area (Å²) in [6.45, 7) is 0. The van der Waals surface area contributed by atoms with Crippen molar-refractivity contribution in [3.8, 4) is 6.07 Å². The van der Waals surface area contributed by atoms with Crippen molar-refractivity contribution in [3.63, 3.8) is 0 Å². The molecule has 0 amide bonds. The molecule has 3 nitrogen and oxygen atoms in total. The van der Waals surface area contributed by atoms with E-state index in [1.54, 1.807) is 0 Å². The maximum Gasteiger partial charge on any atom is 0.0998 e. The molecule has 0 aromatic heterocycles. The molecule has 0 fully saturated rings. The van der Waals surface area contributed by atoms with Gasteiger partial charge in [0.15, 0.2) is 0 Å². The molecule has 3 heteroatoms. The minimum atomic E-state index is 0.673. The Morgan fingerprint density at radius 1 is 0.800 bits per heavy atom. The molecular formula is C17H13N3. The average Bonchev–Trinajstić information content (AvgIpc) is 2.50. The van der Waals surface area contributed by atoms with Crippen molar-refractivity contribution >= 4 is 27.8 Å². The smallest absolute Gasteiger partial charge is 0.0998 e. The van der Waals surface area contributed by atoms with Crippen LogP contribution >= 0.6 is 0 Å². The van der Waals surface area contributed by atoms with Crippen LogP contribution in [-0.4, -0.2) is 0 Å². The zero-order valence-corrected chi connectivity index (χ0v) is 10.8. The summed E-state index contributed by atoms with van der Waals surface area (Å²) in [5.41, 5.74) is 9.13. The number of hydrogen-bond donors (Lipinski definition) is 2. The molecular weight excluding hydrogens is 246 g/mol. The van der Waals surface area contributed by atoms with Gasteiger partial charge in [-0.1, -0.05) is 36.4 Å². The van der Waals surface area contributed by atoms with E-state index >= 15 is 0 Å². The third-order valence-electron chi connectivity index (χ3n) is 3.27. The Labute approximate surface area is 117 Å². The zero-order chi connectivity index (χ0) is 13.9. The van der Waals surface area contributed by atoms with Crippen molar-refractivity contribution in [1.29, 1.82) is 5.26 Å².